The van der Waals surface area contributed by atoms with E-state index in [1.807, 2.05) is 24.3 Å². The molecule has 0 unspecified atom stereocenters. The standard InChI is InChI=1S/C17H18O4/c1-10(2)15-9-16(20-11(3)18)17(21-12(4)19)14-8-6-5-7-13(14)15/h5-10H,1-4H3. The number of benzene rings is 2. The lowest BCUT2D eigenvalue weighted by molar-refractivity contribution is -0.134. The molecule has 0 aliphatic rings. The normalized spacial score (nSPS) is 10.7. The van der Waals surface area contributed by atoms with Gasteiger partial charge in [0.1, 0.15) is 0 Å². The van der Waals surface area contributed by atoms with Crippen molar-refractivity contribution in [2.24, 2.45) is 0 Å². The van der Waals surface area contributed by atoms with E-state index in [1.165, 1.54) is 13.8 Å². The first-order chi connectivity index (χ1) is 9.90. The molecule has 0 radical (unpaired) electrons. The van der Waals surface area contributed by atoms with E-state index in [1.54, 1.807) is 6.07 Å². The number of hydrogen-bond donors (Lipinski definition) is 0. The molecule has 0 aromatic heterocycles. The summed E-state index contributed by atoms with van der Waals surface area (Å²) in [7, 11) is 0. The third-order valence-corrected chi connectivity index (χ3v) is 3.11. The molecule has 2 aromatic rings. The molecule has 2 rings (SSSR count). The fourth-order valence-corrected chi connectivity index (χ4v) is 2.31. The van der Waals surface area contributed by atoms with Gasteiger partial charge in [0.2, 0.25) is 0 Å². The fraction of sp³-hybridized carbons (Fsp3) is 0.294. The van der Waals surface area contributed by atoms with Crippen molar-refractivity contribution in [2.45, 2.75) is 33.6 Å². The molecule has 2 aromatic carbocycles. The predicted octanol–water partition coefficient (Wildman–Crippen LogP) is 3.81. The van der Waals surface area contributed by atoms with Crippen LogP contribution in [0.1, 0.15) is 39.2 Å². The molecule has 0 aliphatic carbocycles. The van der Waals surface area contributed by atoms with Crippen molar-refractivity contribution in [2.75, 3.05) is 0 Å². The minimum Gasteiger partial charge on any atom is -0.423 e. The Morgan fingerprint density at radius 1 is 0.952 bits per heavy atom. The topological polar surface area (TPSA) is 52.6 Å². The molecular formula is C17H18O4. The van der Waals surface area contributed by atoms with Gasteiger partial charge in [-0.3, -0.25) is 9.59 Å². The molecular weight excluding hydrogens is 268 g/mol. The van der Waals surface area contributed by atoms with Gasteiger partial charge >= 0.3 is 11.9 Å². The van der Waals surface area contributed by atoms with Gasteiger partial charge in [-0.25, -0.2) is 0 Å². The van der Waals surface area contributed by atoms with Crippen LogP contribution < -0.4 is 9.47 Å². The maximum Gasteiger partial charge on any atom is 0.308 e. The fourth-order valence-electron chi connectivity index (χ4n) is 2.31. The summed E-state index contributed by atoms with van der Waals surface area (Å²) in [6.07, 6.45) is 0. The summed E-state index contributed by atoms with van der Waals surface area (Å²) in [4.78, 5) is 22.7. The van der Waals surface area contributed by atoms with Crippen molar-refractivity contribution in [3.63, 3.8) is 0 Å². The number of rotatable bonds is 3. The Hall–Kier alpha value is -2.36. The Kier molecular flexibility index (Phi) is 4.26. The van der Waals surface area contributed by atoms with Crippen LogP contribution in [0, 0.1) is 0 Å². The molecule has 0 atom stereocenters. The summed E-state index contributed by atoms with van der Waals surface area (Å²) in [5.41, 5.74) is 1.04. The number of esters is 2. The van der Waals surface area contributed by atoms with Crippen LogP contribution in [0.3, 0.4) is 0 Å². The lowest BCUT2D eigenvalue weighted by Gasteiger charge is -2.17. The highest BCUT2D eigenvalue weighted by Crippen LogP contribution is 2.40. The minimum atomic E-state index is -0.453. The van der Waals surface area contributed by atoms with E-state index in [2.05, 4.69) is 13.8 Å². The van der Waals surface area contributed by atoms with Crippen molar-refractivity contribution in [3.05, 3.63) is 35.9 Å². The van der Waals surface area contributed by atoms with Crippen LogP contribution in [0.15, 0.2) is 30.3 Å². The number of hydrogen-bond acceptors (Lipinski definition) is 4. The minimum absolute atomic E-state index is 0.246. The van der Waals surface area contributed by atoms with Crippen molar-refractivity contribution in [1.82, 2.24) is 0 Å². The van der Waals surface area contributed by atoms with Gasteiger partial charge in [-0.2, -0.15) is 0 Å². The maximum absolute atomic E-state index is 11.4. The highest BCUT2D eigenvalue weighted by molar-refractivity contribution is 5.96. The number of carbonyl (C=O) groups is 2. The van der Waals surface area contributed by atoms with Gasteiger partial charge in [0.25, 0.3) is 0 Å². The van der Waals surface area contributed by atoms with Gasteiger partial charge in [-0.1, -0.05) is 38.1 Å². The summed E-state index contributed by atoms with van der Waals surface area (Å²) >= 11 is 0. The van der Waals surface area contributed by atoms with Crippen LogP contribution in [-0.2, 0) is 9.59 Å². The molecule has 0 saturated carbocycles. The predicted molar refractivity (Wildman–Crippen MR) is 80.7 cm³/mol. The van der Waals surface area contributed by atoms with Gasteiger partial charge < -0.3 is 9.47 Å². The van der Waals surface area contributed by atoms with Crippen molar-refractivity contribution in [3.8, 4) is 11.5 Å². The summed E-state index contributed by atoms with van der Waals surface area (Å²) in [5, 5.41) is 1.75. The number of carbonyl (C=O) groups excluding carboxylic acids is 2. The second-order valence-electron chi connectivity index (χ2n) is 5.18. The second-order valence-corrected chi connectivity index (χ2v) is 5.18. The highest BCUT2D eigenvalue weighted by atomic mass is 16.6. The SMILES string of the molecule is CC(=O)Oc1cc(C(C)C)c2ccccc2c1OC(C)=O. The first kappa shape index (κ1) is 15.0. The van der Waals surface area contributed by atoms with Gasteiger partial charge in [0.05, 0.1) is 0 Å². The molecule has 0 amide bonds. The van der Waals surface area contributed by atoms with Gasteiger partial charge in [-0.15, -0.1) is 0 Å². The summed E-state index contributed by atoms with van der Waals surface area (Å²) in [6, 6.07) is 9.38. The summed E-state index contributed by atoms with van der Waals surface area (Å²) in [6.45, 7) is 6.76. The van der Waals surface area contributed by atoms with Crippen molar-refractivity contribution >= 4 is 22.7 Å². The molecule has 0 fully saturated rings. The zero-order valence-corrected chi connectivity index (χ0v) is 12.6. The average molecular weight is 286 g/mol. The molecule has 0 saturated heterocycles. The van der Waals surface area contributed by atoms with E-state index in [0.29, 0.717) is 0 Å². The lowest BCUT2D eigenvalue weighted by Crippen LogP contribution is -2.08. The third-order valence-electron chi connectivity index (χ3n) is 3.11. The Morgan fingerprint density at radius 3 is 2.05 bits per heavy atom. The van der Waals surface area contributed by atoms with E-state index in [4.69, 9.17) is 9.47 Å². The van der Waals surface area contributed by atoms with Crippen LogP contribution in [0.4, 0.5) is 0 Å². The van der Waals surface area contributed by atoms with Crippen molar-refractivity contribution in [1.29, 1.82) is 0 Å². The second kappa shape index (κ2) is 5.95. The smallest absolute Gasteiger partial charge is 0.308 e. The molecule has 4 heteroatoms. The van der Waals surface area contributed by atoms with Gasteiger partial charge in [0.15, 0.2) is 11.5 Å². The zero-order valence-electron chi connectivity index (χ0n) is 12.6. The zero-order chi connectivity index (χ0) is 15.6. The Balaban J connectivity index is 2.78. The molecule has 0 bridgehead atoms. The number of ether oxygens (including phenoxy) is 2. The first-order valence-electron chi connectivity index (χ1n) is 6.82. The van der Waals surface area contributed by atoms with Crippen LogP contribution in [-0.4, -0.2) is 11.9 Å². The Bertz CT molecular complexity index is 701. The van der Waals surface area contributed by atoms with Gasteiger partial charge in [-0.05, 0) is 22.9 Å². The molecule has 4 nitrogen and oxygen atoms in total. The largest absolute Gasteiger partial charge is 0.423 e. The van der Waals surface area contributed by atoms with E-state index in [9.17, 15) is 9.59 Å². The first-order valence-corrected chi connectivity index (χ1v) is 6.82. The van der Waals surface area contributed by atoms with E-state index >= 15 is 0 Å². The van der Waals surface area contributed by atoms with Crippen LogP contribution in [0.25, 0.3) is 10.8 Å². The summed E-state index contributed by atoms with van der Waals surface area (Å²) < 4.78 is 10.5. The Morgan fingerprint density at radius 2 is 1.52 bits per heavy atom. The molecule has 0 spiro atoms. The number of fused-ring (bicyclic) bond motifs is 1. The van der Waals surface area contributed by atoms with E-state index < -0.39 is 11.9 Å². The van der Waals surface area contributed by atoms with E-state index in [0.717, 1.165) is 16.3 Å². The quantitative estimate of drug-likeness (QED) is 0.636. The maximum atomic E-state index is 11.4. The molecule has 21 heavy (non-hydrogen) atoms. The van der Waals surface area contributed by atoms with Crippen molar-refractivity contribution < 1.29 is 19.1 Å². The lowest BCUT2D eigenvalue weighted by atomic mass is 9.95. The van der Waals surface area contributed by atoms with E-state index in [-0.39, 0.29) is 17.4 Å². The average Bonchev–Trinajstić information content (AvgIpc) is 2.39. The Labute approximate surface area is 123 Å². The van der Waals surface area contributed by atoms with Crippen LogP contribution in [0.2, 0.25) is 0 Å². The highest BCUT2D eigenvalue weighted by Gasteiger charge is 2.18. The van der Waals surface area contributed by atoms with Gasteiger partial charge in [0, 0.05) is 19.2 Å². The van der Waals surface area contributed by atoms with Crippen LogP contribution in [0.5, 0.6) is 11.5 Å². The molecule has 0 N–H and O–H groups in total. The molecule has 110 valence electrons. The third kappa shape index (κ3) is 3.21. The monoisotopic (exact) mass is 286 g/mol. The van der Waals surface area contributed by atoms with Crippen LogP contribution >= 0.6 is 0 Å². The molecule has 0 aliphatic heterocycles. The molecule has 0 heterocycles. The summed E-state index contributed by atoms with van der Waals surface area (Å²) in [5.74, 6) is -0.0902.